The molecular weight excluding hydrogens is 468 g/mol. The van der Waals surface area contributed by atoms with Crippen LogP contribution in [0, 0.1) is 13.8 Å². The summed E-state index contributed by atoms with van der Waals surface area (Å²) in [6.07, 6.45) is 13.3. The third-order valence-corrected chi connectivity index (χ3v) is 9.17. The maximum atomic E-state index is 9.00. The van der Waals surface area contributed by atoms with Crippen molar-refractivity contribution in [3.8, 4) is 0 Å². The summed E-state index contributed by atoms with van der Waals surface area (Å²) in [5.74, 6) is 0. The van der Waals surface area contributed by atoms with Gasteiger partial charge in [-0.25, -0.2) is 0 Å². The minimum atomic E-state index is 0.258. The number of hydrogen-bond donors (Lipinski definition) is 2. The highest BCUT2D eigenvalue weighted by molar-refractivity contribution is 5.31. The van der Waals surface area contributed by atoms with E-state index in [1.165, 1.54) is 80.9 Å². The average molecular weight is 523 g/mol. The van der Waals surface area contributed by atoms with Gasteiger partial charge >= 0.3 is 0 Å². The molecule has 0 atom stereocenters. The van der Waals surface area contributed by atoms with Crippen molar-refractivity contribution < 1.29 is 9.84 Å². The predicted octanol–water partition coefficient (Wildman–Crippen LogP) is 6.55. The Hall–Kier alpha value is -1.72. The Morgan fingerprint density at radius 3 is 1.66 bits per heavy atom. The van der Waals surface area contributed by atoms with Crippen LogP contribution in [-0.4, -0.2) is 63.6 Å². The number of nitrogens with one attached hydrogen (secondary N) is 1. The Morgan fingerprint density at radius 1 is 0.737 bits per heavy atom. The van der Waals surface area contributed by atoms with Crippen LogP contribution in [0.3, 0.4) is 0 Å². The predicted molar refractivity (Wildman–Crippen MR) is 161 cm³/mol. The number of aryl methyl sites for hydroxylation is 2. The summed E-state index contributed by atoms with van der Waals surface area (Å²) in [5, 5.41) is 12.5. The van der Waals surface area contributed by atoms with Gasteiger partial charge in [-0.15, -0.1) is 0 Å². The largest absolute Gasteiger partial charge is 0.395 e. The maximum Gasteiger partial charge on any atom is 0.0587 e. The fraction of sp³-hybridized carbons (Fsp3) is 0.647. The molecule has 0 unspecified atom stereocenters. The minimum absolute atomic E-state index is 0.258. The Kier molecular flexibility index (Phi) is 12.8. The SMILES string of the molecule is COCCNCCC1(c2ccc(C)cc2)CCCC1.Cc1ccc(C2(CCN(C)CCO)CCCC2)cc1. The topological polar surface area (TPSA) is 44.7 Å². The van der Waals surface area contributed by atoms with Gasteiger partial charge in [0.1, 0.15) is 0 Å². The first-order valence-corrected chi connectivity index (χ1v) is 15.1. The van der Waals surface area contributed by atoms with E-state index in [-0.39, 0.29) is 6.61 Å². The number of benzene rings is 2. The zero-order chi connectivity index (χ0) is 27.3. The number of ether oxygens (including phenoxy) is 1. The summed E-state index contributed by atoms with van der Waals surface area (Å²) < 4.78 is 5.07. The molecule has 2 aliphatic carbocycles. The molecule has 2 N–H and O–H groups in total. The molecule has 0 radical (unpaired) electrons. The summed E-state index contributed by atoms with van der Waals surface area (Å²) in [7, 11) is 3.86. The normalized spacial score (nSPS) is 17.9. The second kappa shape index (κ2) is 15.8. The molecule has 2 aliphatic rings. The van der Waals surface area contributed by atoms with Crippen LogP contribution in [0.4, 0.5) is 0 Å². The van der Waals surface area contributed by atoms with Gasteiger partial charge in [0.25, 0.3) is 0 Å². The van der Waals surface area contributed by atoms with Gasteiger partial charge < -0.3 is 20.1 Å². The number of aliphatic hydroxyl groups excluding tert-OH is 1. The lowest BCUT2D eigenvalue weighted by Crippen LogP contribution is -2.31. The smallest absolute Gasteiger partial charge is 0.0587 e. The Labute approximate surface area is 233 Å². The Bertz CT molecular complexity index is 897. The number of rotatable bonds is 13. The number of nitrogens with zero attached hydrogens (tertiary/aromatic N) is 1. The highest BCUT2D eigenvalue weighted by Crippen LogP contribution is 2.44. The molecule has 212 valence electrons. The van der Waals surface area contributed by atoms with E-state index in [1.807, 2.05) is 0 Å². The van der Waals surface area contributed by atoms with Crippen molar-refractivity contribution in [2.75, 3.05) is 53.6 Å². The molecule has 2 aromatic carbocycles. The fourth-order valence-corrected chi connectivity index (χ4v) is 6.60. The third-order valence-electron chi connectivity index (χ3n) is 9.17. The molecule has 0 heterocycles. The van der Waals surface area contributed by atoms with Gasteiger partial charge in [0, 0.05) is 20.2 Å². The number of likely N-dealkylation sites (N-methyl/N-ethyl adjacent to an activating group) is 1. The molecule has 4 rings (SSSR count). The van der Waals surface area contributed by atoms with Crippen molar-refractivity contribution >= 4 is 0 Å². The van der Waals surface area contributed by atoms with Crippen molar-refractivity contribution in [3.63, 3.8) is 0 Å². The van der Waals surface area contributed by atoms with E-state index in [1.54, 1.807) is 12.7 Å². The Balaban J connectivity index is 0.000000211. The van der Waals surface area contributed by atoms with Gasteiger partial charge in [-0.1, -0.05) is 85.3 Å². The molecule has 0 amide bonds. The van der Waals surface area contributed by atoms with Crippen LogP contribution in [0.2, 0.25) is 0 Å². The van der Waals surface area contributed by atoms with Gasteiger partial charge in [-0.05, 0) is 94.5 Å². The van der Waals surface area contributed by atoms with Crippen molar-refractivity contribution in [1.82, 2.24) is 10.2 Å². The van der Waals surface area contributed by atoms with Crippen molar-refractivity contribution in [1.29, 1.82) is 0 Å². The molecule has 4 heteroatoms. The lowest BCUT2D eigenvalue weighted by molar-refractivity contribution is 0.198. The van der Waals surface area contributed by atoms with Gasteiger partial charge in [-0.3, -0.25) is 0 Å². The molecule has 2 saturated carbocycles. The van der Waals surface area contributed by atoms with Crippen LogP contribution in [-0.2, 0) is 15.6 Å². The molecule has 0 saturated heterocycles. The summed E-state index contributed by atoms with van der Waals surface area (Å²) in [6.45, 7) is 9.29. The van der Waals surface area contributed by atoms with E-state index >= 15 is 0 Å². The summed E-state index contributed by atoms with van der Waals surface area (Å²) in [4.78, 5) is 2.24. The first-order chi connectivity index (χ1) is 18.4. The summed E-state index contributed by atoms with van der Waals surface area (Å²) in [6, 6.07) is 18.3. The standard InChI is InChI=1S/2C17H27NO/c1-15-5-7-16(8-6-15)17(9-3-4-10-17)11-12-18-13-14-19-2;1-15-5-7-16(8-6-15)17(9-3-4-10-17)11-12-18(2)13-14-19/h5-8,18H,3-4,9-14H2,1-2H3;5-8,19H,3-4,9-14H2,1-2H3. The van der Waals surface area contributed by atoms with E-state index < -0.39 is 0 Å². The average Bonchev–Trinajstić information content (AvgIpc) is 3.60. The fourth-order valence-electron chi connectivity index (χ4n) is 6.60. The van der Waals surface area contributed by atoms with Gasteiger partial charge in [-0.2, -0.15) is 0 Å². The van der Waals surface area contributed by atoms with Crippen molar-refractivity contribution in [2.24, 2.45) is 0 Å². The number of hydrogen-bond acceptors (Lipinski definition) is 4. The highest BCUT2D eigenvalue weighted by Gasteiger charge is 2.36. The van der Waals surface area contributed by atoms with Crippen LogP contribution >= 0.6 is 0 Å². The molecule has 38 heavy (non-hydrogen) atoms. The van der Waals surface area contributed by atoms with Crippen LogP contribution in [0.5, 0.6) is 0 Å². The van der Waals surface area contributed by atoms with E-state index in [9.17, 15) is 0 Å². The minimum Gasteiger partial charge on any atom is -0.395 e. The molecular formula is C34H54N2O2. The van der Waals surface area contributed by atoms with E-state index in [4.69, 9.17) is 9.84 Å². The van der Waals surface area contributed by atoms with Gasteiger partial charge in [0.15, 0.2) is 0 Å². The van der Waals surface area contributed by atoms with E-state index in [0.717, 1.165) is 32.8 Å². The zero-order valence-corrected chi connectivity index (χ0v) is 24.7. The Morgan fingerprint density at radius 2 is 1.21 bits per heavy atom. The van der Waals surface area contributed by atoms with E-state index in [2.05, 4.69) is 79.6 Å². The quantitative estimate of drug-likeness (QED) is 0.293. The van der Waals surface area contributed by atoms with E-state index in [0.29, 0.717) is 10.8 Å². The molecule has 0 spiro atoms. The first kappa shape index (κ1) is 30.8. The van der Waals surface area contributed by atoms with Crippen molar-refractivity contribution in [3.05, 3.63) is 70.8 Å². The molecule has 0 bridgehead atoms. The summed E-state index contributed by atoms with van der Waals surface area (Å²) >= 11 is 0. The maximum absolute atomic E-state index is 9.00. The lowest BCUT2D eigenvalue weighted by Gasteiger charge is -2.32. The summed E-state index contributed by atoms with van der Waals surface area (Å²) in [5.41, 5.74) is 6.58. The number of methoxy groups -OCH3 is 1. The van der Waals surface area contributed by atoms with Gasteiger partial charge in [0.05, 0.1) is 13.2 Å². The van der Waals surface area contributed by atoms with Crippen LogP contribution < -0.4 is 5.32 Å². The zero-order valence-electron chi connectivity index (χ0n) is 24.7. The molecule has 0 aromatic heterocycles. The molecule has 2 aromatic rings. The van der Waals surface area contributed by atoms with Crippen LogP contribution in [0.15, 0.2) is 48.5 Å². The highest BCUT2D eigenvalue weighted by atomic mass is 16.5. The second-order valence-corrected chi connectivity index (χ2v) is 12.0. The molecule has 2 fully saturated rings. The monoisotopic (exact) mass is 522 g/mol. The molecule has 0 aliphatic heterocycles. The van der Waals surface area contributed by atoms with Crippen LogP contribution in [0.25, 0.3) is 0 Å². The van der Waals surface area contributed by atoms with Crippen LogP contribution in [0.1, 0.15) is 86.5 Å². The van der Waals surface area contributed by atoms with Gasteiger partial charge in [0.2, 0.25) is 0 Å². The first-order valence-electron chi connectivity index (χ1n) is 15.1. The third kappa shape index (κ3) is 8.91. The molecule has 4 nitrogen and oxygen atoms in total. The van der Waals surface area contributed by atoms with Crippen molar-refractivity contribution in [2.45, 2.75) is 88.9 Å². The number of aliphatic hydroxyl groups is 1. The lowest BCUT2D eigenvalue weighted by atomic mass is 9.76. The second-order valence-electron chi connectivity index (χ2n) is 12.0.